The number of hydrogen-bond acceptors (Lipinski definition) is 3. The molecule has 0 aliphatic rings. The molecule has 0 spiro atoms. The second-order valence-electron chi connectivity index (χ2n) is 4.84. The van der Waals surface area contributed by atoms with E-state index >= 15 is 0 Å². The van der Waals surface area contributed by atoms with Crippen LogP contribution in [0.4, 0.5) is 5.69 Å². The van der Waals surface area contributed by atoms with Crippen LogP contribution in [0.15, 0.2) is 60.3 Å². The number of rotatable bonds is 5. The van der Waals surface area contributed by atoms with Gasteiger partial charge in [0, 0.05) is 18.7 Å². The van der Waals surface area contributed by atoms with Crippen molar-refractivity contribution in [3.05, 3.63) is 65.9 Å². The molecule has 2 amide bonds. The predicted molar refractivity (Wildman–Crippen MR) is 89.9 cm³/mol. The van der Waals surface area contributed by atoms with E-state index in [9.17, 15) is 9.59 Å². The Kier molecular flexibility index (Phi) is 5.52. The van der Waals surface area contributed by atoms with Crippen LogP contribution in [-0.4, -0.2) is 18.9 Å². The van der Waals surface area contributed by atoms with Gasteiger partial charge in [-0.2, -0.15) is 0 Å². The van der Waals surface area contributed by atoms with E-state index in [0.29, 0.717) is 11.4 Å². The van der Waals surface area contributed by atoms with Gasteiger partial charge in [-0.3, -0.25) is 9.59 Å². The Hall–Kier alpha value is -3.08. The highest BCUT2D eigenvalue weighted by Crippen LogP contribution is 2.17. The average Bonchev–Trinajstić information content (AvgIpc) is 2.55. The van der Waals surface area contributed by atoms with E-state index < -0.39 is 5.91 Å². The highest BCUT2D eigenvalue weighted by molar-refractivity contribution is 6.08. The monoisotopic (exact) mass is 310 g/mol. The number of carbonyl (C=O) groups is 2. The molecule has 0 aliphatic heterocycles. The molecule has 23 heavy (non-hydrogen) atoms. The van der Waals surface area contributed by atoms with Crippen molar-refractivity contribution in [2.45, 2.75) is 6.92 Å². The maximum absolute atomic E-state index is 12.4. The summed E-state index contributed by atoms with van der Waals surface area (Å²) in [6, 6.07) is 16.3. The number of anilines is 1. The Morgan fingerprint density at radius 1 is 1.04 bits per heavy atom. The summed E-state index contributed by atoms with van der Waals surface area (Å²) in [5.74, 6) is -0.0822. The number of amides is 2. The highest BCUT2D eigenvalue weighted by atomic mass is 16.5. The first kappa shape index (κ1) is 16.3. The molecule has 0 aliphatic carbocycles. The quantitative estimate of drug-likeness (QED) is 0.835. The lowest BCUT2D eigenvalue weighted by molar-refractivity contribution is -0.120. The fourth-order valence-electron chi connectivity index (χ4n) is 1.96. The van der Waals surface area contributed by atoms with Crippen LogP contribution in [0.1, 0.15) is 12.5 Å². The molecule has 0 heterocycles. The van der Waals surface area contributed by atoms with E-state index in [1.165, 1.54) is 6.92 Å². The van der Waals surface area contributed by atoms with E-state index in [2.05, 4.69) is 10.6 Å². The number of ether oxygens (including phenoxy) is 1. The molecule has 0 saturated carbocycles. The number of nitrogens with one attached hydrogen (secondary N) is 2. The SMILES string of the molecule is COc1cccc(NC(=O)/C(=C/c2ccccc2)NC(C)=O)c1. The maximum Gasteiger partial charge on any atom is 0.272 e. The van der Waals surface area contributed by atoms with Crippen molar-refractivity contribution in [3.8, 4) is 5.75 Å². The van der Waals surface area contributed by atoms with Gasteiger partial charge in [0.25, 0.3) is 5.91 Å². The Morgan fingerprint density at radius 3 is 2.43 bits per heavy atom. The Morgan fingerprint density at radius 2 is 1.78 bits per heavy atom. The van der Waals surface area contributed by atoms with Gasteiger partial charge in [-0.05, 0) is 23.8 Å². The predicted octanol–water partition coefficient (Wildman–Crippen LogP) is 2.81. The molecular formula is C18H18N2O3. The zero-order valence-corrected chi connectivity index (χ0v) is 13.0. The van der Waals surface area contributed by atoms with Crippen molar-refractivity contribution in [2.24, 2.45) is 0 Å². The third kappa shape index (κ3) is 5.00. The van der Waals surface area contributed by atoms with Crippen molar-refractivity contribution in [1.82, 2.24) is 5.32 Å². The van der Waals surface area contributed by atoms with E-state index in [1.807, 2.05) is 30.3 Å². The molecular weight excluding hydrogens is 292 g/mol. The summed E-state index contributed by atoms with van der Waals surface area (Å²) < 4.78 is 5.12. The van der Waals surface area contributed by atoms with Gasteiger partial charge in [-0.15, -0.1) is 0 Å². The molecule has 0 saturated heterocycles. The van der Waals surface area contributed by atoms with Crippen LogP contribution in [0.3, 0.4) is 0 Å². The van der Waals surface area contributed by atoms with E-state index in [0.717, 1.165) is 5.56 Å². The van der Waals surface area contributed by atoms with Crippen molar-refractivity contribution in [2.75, 3.05) is 12.4 Å². The Bertz CT molecular complexity index is 724. The smallest absolute Gasteiger partial charge is 0.272 e. The Balaban J connectivity index is 2.22. The first-order valence-electron chi connectivity index (χ1n) is 7.08. The molecule has 0 fully saturated rings. The van der Waals surface area contributed by atoms with Crippen molar-refractivity contribution < 1.29 is 14.3 Å². The molecule has 0 unspecified atom stereocenters. The zero-order valence-electron chi connectivity index (χ0n) is 13.0. The lowest BCUT2D eigenvalue weighted by Gasteiger charge is -2.10. The summed E-state index contributed by atoms with van der Waals surface area (Å²) in [5, 5.41) is 5.30. The molecule has 0 atom stereocenters. The molecule has 0 aromatic heterocycles. The minimum atomic E-state index is -0.405. The first-order chi connectivity index (χ1) is 11.1. The molecule has 0 bridgehead atoms. The van der Waals surface area contributed by atoms with Crippen LogP contribution in [0, 0.1) is 0 Å². The second-order valence-corrected chi connectivity index (χ2v) is 4.84. The van der Waals surface area contributed by atoms with Gasteiger partial charge < -0.3 is 15.4 Å². The number of methoxy groups -OCH3 is 1. The largest absolute Gasteiger partial charge is 0.497 e. The van der Waals surface area contributed by atoms with E-state index in [-0.39, 0.29) is 11.6 Å². The van der Waals surface area contributed by atoms with Gasteiger partial charge in [-0.1, -0.05) is 36.4 Å². The third-order valence-corrected chi connectivity index (χ3v) is 2.99. The molecule has 2 aromatic rings. The number of benzene rings is 2. The maximum atomic E-state index is 12.4. The molecule has 0 radical (unpaired) electrons. The van der Waals surface area contributed by atoms with Crippen LogP contribution >= 0.6 is 0 Å². The topological polar surface area (TPSA) is 67.4 Å². The molecule has 5 heteroatoms. The highest BCUT2D eigenvalue weighted by Gasteiger charge is 2.12. The van der Waals surface area contributed by atoms with Crippen molar-refractivity contribution in [3.63, 3.8) is 0 Å². The normalized spacial score (nSPS) is 10.8. The average molecular weight is 310 g/mol. The van der Waals surface area contributed by atoms with Crippen LogP contribution < -0.4 is 15.4 Å². The molecule has 2 rings (SSSR count). The molecule has 118 valence electrons. The van der Waals surface area contributed by atoms with Gasteiger partial charge in [0.05, 0.1) is 7.11 Å². The molecule has 2 N–H and O–H groups in total. The summed E-state index contributed by atoms with van der Waals surface area (Å²) >= 11 is 0. The number of hydrogen-bond donors (Lipinski definition) is 2. The number of carbonyl (C=O) groups excluding carboxylic acids is 2. The summed E-state index contributed by atoms with van der Waals surface area (Å²) in [6.45, 7) is 1.36. The minimum absolute atomic E-state index is 0.173. The Labute approximate surface area is 135 Å². The van der Waals surface area contributed by atoms with Crippen LogP contribution in [0.2, 0.25) is 0 Å². The first-order valence-corrected chi connectivity index (χ1v) is 7.08. The van der Waals surface area contributed by atoms with Crippen molar-refractivity contribution >= 4 is 23.6 Å². The standard InChI is InChI=1S/C18H18N2O3/c1-13(21)19-17(11-14-7-4-3-5-8-14)18(22)20-15-9-6-10-16(12-15)23-2/h3-12H,1-2H3,(H,19,21)(H,20,22)/b17-11-. The molecule has 2 aromatic carbocycles. The molecule has 5 nitrogen and oxygen atoms in total. The van der Waals surface area contributed by atoms with Crippen LogP contribution in [-0.2, 0) is 9.59 Å². The third-order valence-electron chi connectivity index (χ3n) is 2.99. The van der Waals surface area contributed by atoms with Crippen LogP contribution in [0.5, 0.6) is 5.75 Å². The fourth-order valence-corrected chi connectivity index (χ4v) is 1.96. The zero-order chi connectivity index (χ0) is 16.7. The second kappa shape index (κ2) is 7.79. The van der Waals surface area contributed by atoms with Crippen LogP contribution in [0.25, 0.3) is 6.08 Å². The lowest BCUT2D eigenvalue weighted by Crippen LogP contribution is -2.28. The lowest BCUT2D eigenvalue weighted by atomic mass is 10.2. The van der Waals surface area contributed by atoms with Gasteiger partial charge >= 0.3 is 0 Å². The minimum Gasteiger partial charge on any atom is -0.497 e. The van der Waals surface area contributed by atoms with Gasteiger partial charge in [0.2, 0.25) is 5.91 Å². The van der Waals surface area contributed by atoms with Gasteiger partial charge in [0.1, 0.15) is 11.4 Å². The summed E-state index contributed by atoms with van der Waals surface area (Å²) in [7, 11) is 1.55. The summed E-state index contributed by atoms with van der Waals surface area (Å²) in [5.41, 5.74) is 1.57. The summed E-state index contributed by atoms with van der Waals surface area (Å²) in [6.07, 6.45) is 1.62. The fraction of sp³-hybridized carbons (Fsp3) is 0.111. The van der Waals surface area contributed by atoms with Gasteiger partial charge in [0.15, 0.2) is 0 Å². The van der Waals surface area contributed by atoms with Gasteiger partial charge in [-0.25, -0.2) is 0 Å². The van der Waals surface area contributed by atoms with E-state index in [4.69, 9.17) is 4.74 Å². The van der Waals surface area contributed by atoms with Crippen molar-refractivity contribution in [1.29, 1.82) is 0 Å². The summed E-state index contributed by atoms with van der Waals surface area (Å²) in [4.78, 5) is 23.8. The van der Waals surface area contributed by atoms with E-state index in [1.54, 1.807) is 37.5 Å².